The lowest BCUT2D eigenvalue weighted by Gasteiger charge is -2.08. The van der Waals surface area contributed by atoms with Crippen LogP contribution in [0.4, 0.5) is 5.69 Å². The number of Topliss-reactive ketones (excluding diaryl/α,β-unsaturated/α-hetero) is 1. The van der Waals surface area contributed by atoms with Gasteiger partial charge in [-0.25, -0.2) is 0 Å². The second kappa shape index (κ2) is 5.45. The van der Waals surface area contributed by atoms with Gasteiger partial charge in [0.2, 0.25) is 5.91 Å². The highest BCUT2D eigenvalue weighted by Gasteiger charge is 2.06. The van der Waals surface area contributed by atoms with Gasteiger partial charge in [0.05, 0.1) is 6.42 Å². The number of hydrogen-bond acceptors (Lipinski definition) is 2. The van der Waals surface area contributed by atoms with Gasteiger partial charge >= 0.3 is 0 Å². The number of rotatable bonds is 4. The number of ketones is 1. The van der Waals surface area contributed by atoms with Crippen LogP contribution in [0.1, 0.15) is 38.7 Å². The van der Waals surface area contributed by atoms with Gasteiger partial charge in [0.15, 0.2) is 0 Å². The average Bonchev–Trinajstić information content (AvgIpc) is 2.16. The Bertz CT molecular complexity index is 397. The molecule has 0 spiro atoms. The minimum atomic E-state index is -0.256. The van der Waals surface area contributed by atoms with Crippen LogP contribution in [0.15, 0.2) is 24.3 Å². The van der Waals surface area contributed by atoms with Gasteiger partial charge in [-0.2, -0.15) is 0 Å². The zero-order valence-corrected chi connectivity index (χ0v) is 9.91. The molecule has 1 N–H and O–H groups in total. The molecule has 0 saturated heterocycles. The minimum Gasteiger partial charge on any atom is -0.326 e. The fourth-order valence-electron chi connectivity index (χ4n) is 1.41. The Morgan fingerprint density at radius 2 is 2.00 bits per heavy atom. The van der Waals surface area contributed by atoms with Crippen molar-refractivity contribution < 1.29 is 9.59 Å². The Morgan fingerprint density at radius 3 is 2.56 bits per heavy atom. The quantitative estimate of drug-likeness (QED) is 0.791. The summed E-state index contributed by atoms with van der Waals surface area (Å²) in [6.45, 7) is 5.59. The molecule has 0 heterocycles. The third kappa shape index (κ3) is 3.85. The highest BCUT2D eigenvalue weighted by Crippen LogP contribution is 2.18. The third-order valence-electron chi connectivity index (χ3n) is 2.25. The van der Waals surface area contributed by atoms with E-state index in [-0.39, 0.29) is 18.1 Å². The molecule has 1 aromatic carbocycles. The van der Waals surface area contributed by atoms with E-state index in [0.29, 0.717) is 5.92 Å². The van der Waals surface area contributed by atoms with Gasteiger partial charge in [0.1, 0.15) is 5.78 Å². The molecule has 1 aromatic rings. The lowest BCUT2D eigenvalue weighted by molar-refractivity contribution is -0.124. The summed E-state index contributed by atoms with van der Waals surface area (Å²) >= 11 is 0. The largest absolute Gasteiger partial charge is 0.326 e. The van der Waals surface area contributed by atoms with E-state index in [1.54, 1.807) is 0 Å². The average molecular weight is 219 g/mol. The van der Waals surface area contributed by atoms with Crippen molar-refractivity contribution in [3.63, 3.8) is 0 Å². The Kier molecular flexibility index (Phi) is 4.23. The summed E-state index contributed by atoms with van der Waals surface area (Å²) in [7, 11) is 0. The molecular weight excluding hydrogens is 202 g/mol. The van der Waals surface area contributed by atoms with Crippen LogP contribution in [0.2, 0.25) is 0 Å². The Morgan fingerprint density at radius 1 is 1.31 bits per heavy atom. The molecule has 1 amide bonds. The summed E-state index contributed by atoms with van der Waals surface area (Å²) in [6.07, 6.45) is -0.0636. The second-order valence-electron chi connectivity index (χ2n) is 4.21. The first-order chi connectivity index (χ1) is 7.49. The molecule has 0 fully saturated rings. The monoisotopic (exact) mass is 219 g/mol. The second-order valence-corrected chi connectivity index (χ2v) is 4.21. The van der Waals surface area contributed by atoms with Crippen LogP contribution in [0.3, 0.4) is 0 Å². The summed E-state index contributed by atoms with van der Waals surface area (Å²) in [6, 6.07) is 7.68. The highest BCUT2D eigenvalue weighted by molar-refractivity contribution is 6.03. The lowest BCUT2D eigenvalue weighted by atomic mass is 10.0. The topological polar surface area (TPSA) is 46.2 Å². The van der Waals surface area contributed by atoms with E-state index in [4.69, 9.17) is 0 Å². The first-order valence-corrected chi connectivity index (χ1v) is 5.38. The molecule has 0 saturated carbocycles. The molecule has 86 valence electrons. The highest BCUT2D eigenvalue weighted by atomic mass is 16.2. The molecule has 1 rings (SSSR count). The van der Waals surface area contributed by atoms with Gasteiger partial charge in [-0.05, 0) is 30.5 Å². The molecular formula is C13H17NO2. The van der Waals surface area contributed by atoms with E-state index < -0.39 is 0 Å². The molecule has 0 aliphatic rings. The van der Waals surface area contributed by atoms with E-state index in [9.17, 15) is 9.59 Å². The summed E-state index contributed by atoms with van der Waals surface area (Å²) in [5.41, 5.74) is 1.91. The zero-order chi connectivity index (χ0) is 12.1. The summed E-state index contributed by atoms with van der Waals surface area (Å²) in [4.78, 5) is 22.1. The van der Waals surface area contributed by atoms with E-state index in [0.717, 1.165) is 5.69 Å². The van der Waals surface area contributed by atoms with Crippen LogP contribution in [0.5, 0.6) is 0 Å². The summed E-state index contributed by atoms with van der Waals surface area (Å²) < 4.78 is 0. The molecule has 0 unspecified atom stereocenters. The van der Waals surface area contributed by atoms with E-state index in [2.05, 4.69) is 19.2 Å². The van der Waals surface area contributed by atoms with Crippen molar-refractivity contribution in [3.8, 4) is 0 Å². The SMILES string of the molecule is CC(=O)CC(=O)Nc1cccc(C(C)C)c1. The Balaban J connectivity index is 2.70. The standard InChI is InChI=1S/C13H17NO2/c1-9(2)11-5-4-6-12(8-11)14-13(16)7-10(3)15/h4-6,8-9H,7H2,1-3H3,(H,14,16). The number of carbonyl (C=O) groups is 2. The van der Waals surface area contributed by atoms with Crippen LogP contribution in [-0.4, -0.2) is 11.7 Å². The number of carbonyl (C=O) groups excluding carboxylic acids is 2. The van der Waals surface area contributed by atoms with Crippen molar-refractivity contribution in [2.45, 2.75) is 33.1 Å². The first-order valence-electron chi connectivity index (χ1n) is 5.38. The van der Waals surface area contributed by atoms with Crippen molar-refractivity contribution in [2.75, 3.05) is 5.32 Å². The van der Waals surface area contributed by atoms with Gasteiger partial charge in [-0.3, -0.25) is 9.59 Å². The number of amides is 1. The zero-order valence-electron chi connectivity index (χ0n) is 9.91. The lowest BCUT2D eigenvalue weighted by Crippen LogP contribution is -2.14. The summed E-state index contributed by atoms with van der Waals surface area (Å²) in [5.74, 6) is 0.0376. The maximum atomic E-state index is 11.4. The first kappa shape index (κ1) is 12.4. The van der Waals surface area contributed by atoms with Gasteiger partial charge in [-0.1, -0.05) is 26.0 Å². The van der Waals surface area contributed by atoms with Crippen molar-refractivity contribution >= 4 is 17.4 Å². The van der Waals surface area contributed by atoms with E-state index in [1.807, 2.05) is 24.3 Å². The van der Waals surface area contributed by atoms with Gasteiger partial charge in [0, 0.05) is 5.69 Å². The Labute approximate surface area is 95.9 Å². The molecule has 0 aliphatic carbocycles. The van der Waals surface area contributed by atoms with E-state index >= 15 is 0 Å². The maximum Gasteiger partial charge on any atom is 0.231 e. The maximum absolute atomic E-state index is 11.4. The number of anilines is 1. The molecule has 0 aliphatic heterocycles. The van der Waals surface area contributed by atoms with Crippen LogP contribution in [-0.2, 0) is 9.59 Å². The normalized spacial score (nSPS) is 10.2. The molecule has 0 atom stereocenters. The van der Waals surface area contributed by atoms with Crippen LogP contribution >= 0.6 is 0 Å². The predicted molar refractivity (Wildman–Crippen MR) is 64.5 cm³/mol. The third-order valence-corrected chi connectivity index (χ3v) is 2.25. The van der Waals surface area contributed by atoms with Crippen molar-refractivity contribution in [2.24, 2.45) is 0 Å². The molecule has 3 heteroatoms. The number of nitrogens with one attached hydrogen (secondary N) is 1. The number of hydrogen-bond donors (Lipinski definition) is 1. The molecule has 0 radical (unpaired) electrons. The van der Waals surface area contributed by atoms with Crippen LogP contribution < -0.4 is 5.32 Å². The number of benzene rings is 1. The fourth-order valence-corrected chi connectivity index (χ4v) is 1.41. The van der Waals surface area contributed by atoms with Gasteiger partial charge in [0.25, 0.3) is 0 Å². The molecule has 3 nitrogen and oxygen atoms in total. The molecule has 0 aromatic heterocycles. The van der Waals surface area contributed by atoms with Crippen LogP contribution in [0, 0.1) is 0 Å². The molecule has 16 heavy (non-hydrogen) atoms. The van der Waals surface area contributed by atoms with Crippen molar-refractivity contribution in [1.29, 1.82) is 0 Å². The van der Waals surface area contributed by atoms with Crippen LogP contribution in [0.25, 0.3) is 0 Å². The predicted octanol–water partition coefficient (Wildman–Crippen LogP) is 2.73. The van der Waals surface area contributed by atoms with Crippen molar-refractivity contribution in [3.05, 3.63) is 29.8 Å². The fraction of sp³-hybridized carbons (Fsp3) is 0.385. The Hall–Kier alpha value is -1.64. The van der Waals surface area contributed by atoms with Crippen molar-refractivity contribution in [1.82, 2.24) is 0 Å². The van der Waals surface area contributed by atoms with Gasteiger partial charge < -0.3 is 5.32 Å². The summed E-state index contributed by atoms with van der Waals surface area (Å²) in [5, 5.41) is 2.71. The minimum absolute atomic E-state index is 0.0636. The van der Waals surface area contributed by atoms with E-state index in [1.165, 1.54) is 12.5 Å². The smallest absolute Gasteiger partial charge is 0.231 e. The molecule has 0 bridgehead atoms. The van der Waals surface area contributed by atoms with Gasteiger partial charge in [-0.15, -0.1) is 0 Å².